The first kappa shape index (κ1) is 14.1. The quantitative estimate of drug-likeness (QED) is 0.875. The highest BCUT2D eigenvalue weighted by Crippen LogP contribution is 2.28. The second kappa shape index (κ2) is 6.20. The third kappa shape index (κ3) is 4.06. The number of hydrogen-bond acceptors (Lipinski definition) is 2. The molecule has 1 atom stereocenters. The van der Waals surface area contributed by atoms with E-state index in [1.807, 2.05) is 30.3 Å². The zero-order chi connectivity index (χ0) is 13.7. The van der Waals surface area contributed by atoms with Crippen LogP contribution in [0.3, 0.4) is 0 Å². The highest BCUT2D eigenvalue weighted by atomic mass is 16.3. The van der Waals surface area contributed by atoms with Crippen LogP contribution in [0.15, 0.2) is 30.3 Å². The molecule has 0 saturated heterocycles. The first-order valence-electron chi connectivity index (χ1n) is 7.13. The Balaban J connectivity index is 1.87. The van der Waals surface area contributed by atoms with E-state index < -0.39 is 6.10 Å². The van der Waals surface area contributed by atoms with E-state index in [-0.39, 0.29) is 17.9 Å². The summed E-state index contributed by atoms with van der Waals surface area (Å²) in [6, 6.07) is 9.34. The van der Waals surface area contributed by atoms with Gasteiger partial charge in [0.25, 0.3) is 0 Å². The molecule has 0 heterocycles. The normalized spacial score (nSPS) is 19.7. The van der Waals surface area contributed by atoms with Gasteiger partial charge in [-0.25, -0.2) is 0 Å². The predicted octanol–water partition coefficient (Wildman–Crippen LogP) is 2.95. The third-order valence-corrected chi connectivity index (χ3v) is 3.96. The number of hydrogen-bond donors (Lipinski definition) is 2. The Hall–Kier alpha value is -1.35. The van der Waals surface area contributed by atoms with E-state index in [2.05, 4.69) is 12.2 Å². The van der Waals surface area contributed by atoms with Crippen LogP contribution in [0, 0.1) is 0 Å². The molecule has 1 saturated carbocycles. The molecule has 1 fully saturated rings. The lowest BCUT2D eigenvalue weighted by Crippen LogP contribution is -2.47. The van der Waals surface area contributed by atoms with Gasteiger partial charge in [-0.2, -0.15) is 0 Å². The Labute approximate surface area is 115 Å². The van der Waals surface area contributed by atoms with Gasteiger partial charge >= 0.3 is 0 Å². The molecule has 0 radical (unpaired) electrons. The van der Waals surface area contributed by atoms with Gasteiger partial charge in [-0.05, 0) is 25.3 Å². The van der Waals surface area contributed by atoms with E-state index in [0.717, 1.165) is 18.4 Å². The van der Waals surface area contributed by atoms with Gasteiger partial charge in [0.05, 0.1) is 12.5 Å². The van der Waals surface area contributed by atoms with Gasteiger partial charge < -0.3 is 10.4 Å². The highest BCUT2D eigenvalue weighted by molar-refractivity contribution is 5.77. The van der Waals surface area contributed by atoms with Gasteiger partial charge in [-0.15, -0.1) is 0 Å². The minimum absolute atomic E-state index is 0.0549. The predicted molar refractivity (Wildman–Crippen MR) is 75.7 cm³/mol. The fourth-order valence-electron chi connectivity index (χ4n) is 2.81. The SMILES string of the molecule is CC1(NC(=O)CC(O)c2ccccc2)CCCCC1. The minimum atomic E-state index is -0.714. The first-order valence-corrected chi connectivity index (χ1v) is 7.13. The Morgan fingerprint density at radius 3 is 2.53 bits per heavy atom. The summed E-state index contributed by atoms with van der Waals surface area (Å²) >= 11 is 0. The standard InChI is InChI=1S/C16H23NO2/c1-16(10-6-3-7-11-16)17-15(19)12-14(18)13-8-4-2-5-9-13/h2,4-5,8-9,14,18H,3,6-7,10-12H2,1H3,(H,17,19). The van der Waals surface area contributed by atoms with Crippen LogP contribution in [-0.2, 0) is 4.79 Å². The van der Waals surface area contributed by atoms with Crippen LogP contribution >= 0.6 is 0 Å². The largest absolute Gasteiger partial charge is 0.388 e. The van der Waals surface area contributed by atoms with Gasteiger partial charge in [0.2, 0.25) is 5.91 Å². The molecule has 1 unspecified atom stereocenters. The fourth-order valence-corrected chi connectivity index (χ4v) is 2.81. The summed E-state index contributed by atoms with van der Waals surface area (Å²) in [5, 5.41) is 13.1. The molecule has 1 aliphatic carbocycles. The molecule has 3 heteroatoms. The third-order valence-electron chi connectivity index (χ3n) is 3.96. The van der Waals surface area contributed by atoms with Crippen molar-refractivity contribution in [2.45, 2.75) is 57.1 Å². The summed E-state index contributed by atoms with van der Waals surface area (Å²) in [6.45, 7) is 2.11. The number of amides is 1. The van der Waals surface area contributed by atoms with Crippen LogP contribution < -0.4 is 5.32 Å². The fraction of sp³-hybridized carbons (Fsp3) is 0.562. The maximum Gasteiger partial charge on any atom is 0.223 e. The molecule has 2 N–H and O–H groups in total. The van der Waals surface area contributed by atoms with Gasteiger partial charge in [-0.3, -0.25) is 4.79 Å². The lowest BCUT2D eigenvalue weighted by Gasteiger charge is -2.34. The number of aliphatic hydroxyl groups excluding tert-OH is 1. The van der Waals surface area contributed by atoms with Crippen molar-refractivity contribution in [3.05, 3.63) is 35.9 Å². The van der Waals surface area contributed by atoms with E-state index in [4.69, 9.17) is 0 Å². The van der Waals surface area contributed by atoms with E-state index in [1.165, 1.54) is 19.3 Å². The topological polar surface area (TPSA) is 49.3 Å². The van der Waals surface area contributed by atoms with Crippen LogP contribution in [0.5, 0.6) is 0 Å². The van der Waals surface area contributed by atoms with E-state index >= 15 is 0 Å². The molecule has 1 aromatic carbocycles. The smallest absolute Gasteiger partial charge is 0.223 e. The lowest BCUT2D eigenvalue weighted by molar-refractivity contribution is -0.125. The van der Waals surface area contributed by atoms with Gasteiger partial charge in [-0.1, -0.05) is 49.6 Å². The van der Waals surface area contributed by atoms with Crippen LogP contribution in [0.25, 0.3) is 0 Å². The van der Waals surface area contributed by atoms with Crippen molar-refractivity contribution in [3.63, 3.8) is 0 Å². The zero-order valence-electron chi connectivity index (χ0n) is 11.6. The van der Waals surface area contributed by atoms with Crippen molar-refractivity contribution in [3.8, 4) is 0 Å². The molecule has 0 spiro atoms. The molecule has 1 aliphatic rings. The number of benzene rings is 1. The first-order chi connectivity index (χ1) is 9.09. The Morgan fingerprint density at radius 1 is 1.26 bits per heavy atom. The van der Waals surface area contributed by atoms with Crippen LogP contribution in [0.2, 0.25) is 0 Å². The van der Waals surface area contributed by atoms with Gasteiger partial charge in [0, 0.05) is 5.54 Å². The molecular formula is C16H23NO2. The zero-order valence-corrected chi connectivity index (χ0v) is 11.6. The molecule has 19 heavy (non-hydrogen) atoms. The average Bonchev–Trinajstić information content (AvgIpc) is 2.39. The summed E-state index contributed by atoms with van der Waals surface area (Å²) in [7, 11) is 0. The van der Waals surface area contributed by atoms with Crippen molar-refractivity contribution >= 4 is 5.91 Å². The van der Waals surface area contributed by atoms with Crippen LogP contribution in [0.1, 0.15) is 57.1 Å². The van der Waals surface area contributed by atoms with E-state index in [0.29, 0.717) is 0 Å². The molecule has 1 amide bonds. The summed E-state index contributed by atoms with van der Waals surface area (Å²) in [5.41, 5.74) is 0.720. The lowest BCUT2D eigenvalue weighted by atomic mass is 9.83. The van der Waals surface area contributed by atoms with E-state index in [9.17, 15) is 9.90 Å². The average molecular weight is 261 g/mol. The summed E-state index contributed by atoms with van der Waals surface area (Å²) in [6.07, 6.45) is 5.13. The van der Waals surface area contributed by atoms with Crippen LogP contribution in [-0.4, -0.2) is 16.6 Å². The molecule has 1 aromatic rings. The van der Waals surface area contributed by atoms with Crippen molar-refractivity contribution in [2.75, 3.05) is 0 Å². The van der Waals surface area contributed by atoms with Gasteiger partial charge in [0.15, 0.2) is 0 Å². The Kier molecular flexibility index (Phi) is 4.59. The number of carbonyl (C=O) groups is 1. The molecule has 0 aromatic heterocycles. The maximum atomic E-state index is 12.0. The molecule has 0 bridgehead atoms. The second-order valence-corrected chi connectivity index (χ2v) is 5.80. The van der Waals surface area contributed by atoms with Crippen molar-refractivity contribution < 1.29 is 9.90 Å². The molecule has 2 rings (SSSR count). The van der Waals surface area contributed by atoms with Crippen LogP contribution in [0.4, 0.5) is 0 Å². The molecule has 104 valence electrons. The van der Waals surface area contributed by atoms with Crippen molar-refractivity contribution in [2.24, 2.45) is 0 Å². The number of rotatable bonds is 4. The number of carbonyl (C=O) groups excluding carboxylic acids is 1. The molecule has 3 nitrogen and oxygen atoms in total. The van der Waals surface area contributed by atoms with Gasteiger partial charge in [0.1, 0.15) is 0 Å². The second-order valence-electron chi connectivity index (χ2n) is 5.80. The van der Waals surface area contributed by atoms with Crippen molar-refractivity contribution in [1.29, 1.82) is 0 Å². The molecule has 0 aliphatic heterocycles. The summed E-state index contributed by atoms with van der Waals surface area (Å²) < 4.78 is 0. The Morgan fingerprint density at radius 2 is 1.89 bits per heavy atom. The molecular weight excluding hydrogens is 238 g/mol. The summed E-state index contributed by atoms with van der Waals surface area (Å²) in [5.74, 6) is -0.0549. The van der Waals surface area contributed by atoms with E-state index in [1.54, 1.807) is 0 Å². The highest BCUT2D eigenvalue weighted by Gasteiger charge is 2.28. The van der Waals surface area contributed by atoms with Crippen molar-refractivity contribution in [1.82, 2.24) is 5.32 Å². The number of nitrogens with one attached hydrogen (secondary N) is 1. The Bertz CT molecular complexity index is 410. The summed E-state index contributed by atoms with van der Waals surface area (Å²) in [4.78, 5) is 12.0. The minimum Gasteiger partial charge on any atom is -0.388 e. The monoisotopic (exact) mass is 261 g/mol. The number of aliphatic hydroxyl groups is 1. The maximum absolute atomic E-state index is 12.0.